The molecular weight excluding hydrogens is 338 g/mol. The molecule has 3 rings (SSSR count). The van der Waals surface area contributed by atoms with Gasteiger partial charge in [-0.05, 0) is 49.2 Å². The predicted molar refractivity (Wildman–Crippen MR) is 106 cm³/mol. The van der Waals surface area contributed by atoms with Crippen LogP contribution < -0.4 is 15.8 Å². The van der Waals surface area contributed by atoms with E-state index in [2.05, 4.69) is 41.3 Å². The van der Waals surface area contributed by atoms with E-state index in [-0.39, 0.29) is 5.95 Å². The van der Waals surface area contributed by atoms with Gasteiger partial charge in [0.1, 0.15) is 18.2 Å². The first-order valence-electron chi connectivity index (χ1n) is 8.65. The lowest BCUT2D eigenvalue weighted by atomic mass is 10.0. The summed E-state index contributed by atoms with van der Waals surface area (Å²) < 4.78 is 5.66. The molecule has 2 aromatic carbocycles. The van der Waals surface area contributed by atoms with E-state index >= 15 is 0 Å². The smallest absolute Gasteiger partial charge is 0.222 e. The van der Waals surface area contributed by atoms with Crippen LogP contribution in [0.4, 0.5) is 11.8 Å². The lowest BCUT2D eigenvalue weighted by Crippen LogP contribution is -2.13. The summed E-state index contributed by atoms with van der Waals surface area (Å²) in [6, 6.07) is 17.1. The number of hydrogen-bond donors (Lipinski definition) is 2. The highest BCUT2D eigenvalue weighted by molar-refractivity contribution is 5.68. The first-order valence-corrected chi connectivity index (χ1v) is 8.65. The molecule has 0 atom stereocenters. The van der Waals surface area contributed by atoms with Crippen LogP contribution in [0.15, 0.2) is 48.5 Å². The maximum atomic E-state index is 8.80. The molecule has 0 saturated heterocycles. The Balaban J connectivity index is 1.64. The molecule has 0 unspecified atom stereocenters. The summed E-state index contributed by atoms with van der Waals surface area (Å²) in [7, 11) is 0. The third kappa shape index (κ3) is 4.53. The highest BCUT2D eigenvalue weighted by Gasteiger charge is 2.08. The van der Waals surface area contributed by atoms with E-state index in [1.807, 2.05) is 18.2 Å². The van der Waals surface area contributed by atoms with Crippen LogP contribution in [0.5, 0.6) is 5.75 Å². The summed E-state index contributed by atoms with van der Waals surface area (Å²) in [5.41, 5.74) is 10.7. The molecule has 0 fully saturated rings. The molecule has 136 valence electrons. The van der Waals surface area contributed by atoms with Crippen molar-refractivity contribution in [2.75, 3.05) is 24.2 Å². The number of rotatable bonds is 6. The first-order chi connectivity index (χ1) is 13.1. The van der Waals surface area contributed by atoms with Crippen LogP contribution in [-0.4, -0.2) is 23.1 Å². The number of aryl methyl sites for hydroxylation is 1. The van der Waals surface area contributed by atoms with Gasteiger partial charge in [-0.25, -0.2) is 4.98 Å². The fourth-order valence-corrected chi connectivity index (χ4v) is 2.70. The Hall–Kier alpha value is -3.59. The minimum Gasteiger partial charge on any atom is -0.492 e. The summed E-state index contributed by atoms with van der Waals surface area (Å²) in [4.78, 5) is 8.61. The quantitative estimate of drug-likeness (QED) is 0.651. The van der Waals surface area contributed by atoms with Crippen molar-refractivity contribution in [2.24, 2.45) is 0 Å². The Morgan fingerprint density at radius 1 is 1.11 bits per heavy atom. The van der Waals surface area contributed by atoms with Gasteiger partial charge in [-0.1, -0.05) is 18.2 Å². The molecule has 0 bridgehead atoms. The van der Waals surface area contributed by atoms with Gasteiger partial charge in [0.2, 0.25) is 5.95 Å². The van der Waals surface area contributed by atoms with Crippen LogP contribution >= 0.6 is 0 Å². The maximum absolute atomic E-state index is 8.80. The molecule has 6 nitrogen and oxygen atoms in total. The number of nitrogens with one attached hydrogen (secondary N) is 1. The van der Waals surface area contributed by atoms with Gasteiger partial charge in [0.05, 0.1) is 23.9 Å². The Bertz CT molecular complexity index is 977. The Kier molecular flexibility index (Phi) is 5.53. The molecule has 6 heteroatoms. The molecule has 0 spiro atoms. The van der Waals surface area contributed by atoms with Crippen molar-refractivity contribution in [3.8, 4) is 23.1 Å². The molecule has 0 radical (unpaired) electrons. The largest absolute Gasteiger partial charge is 0.492 e. The third-order valence-electron chi connectivity index (χ3n) is 4.28. The van der Waals surface area contributed by atoms with Gasteiger partial charge in [0.25, 0.3) is 0 Å². The minimum absolute atomic E-state index is 0.226. The molecular formula is C21H21N5O. The number of nitrogens with zero attached hydrogens (tertiary/aromatic N) is 3. The molecule has 1 aromatic heterocycles. The molecule has 0 amide bonds. The molecule has 0 aliphatic heterocycles. The second-order valence-corrected chi connectivity index (χ2v) is 6.16. The van der Waals surface area contributed by atoms with Crippen molar-refractivity contribution < 1.29 is 4.74 Å². The fourth-order valence-electron chi connectivity index (χ4n) is 2.70. The van der Waals surface area contributed by atoms with E-state index in [4.69, 9.17) is 15.7 Å². The van der Waals surface area contributed by atoms with Crippen LogP contribution in [0.1, 0.15) is 16.7 Å². The number of nitriles is 1. The zero-order valence-corrected chi connectivity index (χ0v) is 15.4. The van der Waals surface area contributed by atoms with E-state index in [0.29, 0.717) is 30.3 Å². The SMILES string of the molecule is Cc1cccc(-c2cc(NCCOc3ccc(C#N)cc3)nc(N)n2)c1C. The van der Waals surface area contributed by atoms with E-state index in [9.17, 15) is 0 Å². The van der Waals surface area contributed by atoms with E-state index in [0.717, 1.165) is 11.3 Å². The Labute approximate surface area is 158 Å². The standard InChI is InChI=1S/C21H21N5O/c1-14-4-3-5-18(15(14)2)19-12-20(26-21(23)25-19)24-10-11-27-17-8-6-16(13-22)7-9-17/h3-9,12H,10-11H2,1-2H3,(H3,23,24,25,26). The van der Waals surface area contributed by atoms with Crippen molar-refractivity contribution in [1.29, 1.82) is 5.26 Å². The number of hydrogen-bond acceptors (Lipinski definition) is 6. The minimum atomic E-state index is 0.226. The van der Waals surface area contributed by atoms with Crippen LogP contribution in [0.2, 0.25) is 0 Å². The zero-order chi connectivity index (χ0) is 19.2. The lowest BCUT2D eigenvalue weighted by molar-refractivity contribution is 0.332. The highest BCUT2D eigenvalue weighted by atomic mass is 16.5. The number of benzene rings is 2. The molecule has 3 aromatic rings. The number of anilines is 2. The number of aromatic nitrogens is 2. The Morgan fingerprint density at radius 2 is 1.89 bits per heavy atom. The van der Waals surface area contributed by atoms with E-state index in [1.165, 1.54) is 11.1 Å². The Morgan fingerprint density at radius 3 is 2.63 bits per heavy atom. The van der Waals surface area contributed by atoms with Gasteiger partial charge in [-0.2, -0.15) is 10.2 Å². The normalized spacial score (nSPS) is 10.3. The lowest BCUT2D eigenvalue weighted by Gasteiger charge is -2.12. The predicted octanol–water partition coefficient (Wildman–Crippen LogP) is 3.71. The fraction of sp³-hybridized carbons (Fsp3) is 0.190. The van der Waals surface area contributed by atoms with Crippen molar-refractivity contribution in [1.82, 2.24) is 9.97 Å². The van der Waals surface area contributed by atoms with Crippen molar-refractivity contribution in [3.05, 3.63) is 65.2 Å². The number of nitrogens with two attached hydrogens (primary N) is 1. The monoisotopic (exact) mass is 359 g/mol. The molecule has 3 N–H and O–H groups in total. The summed E-state index contributed by atoms with van der Waals surface area (Å²) in [5, 5.41) is 12.0. The van der Waals surface area contributed by atoms with Crippen molar-refractivity contribution in [3.63, 3.8) is 0 Å². The van der Waals surface area contributed by atoms with Gasteiger partial charge in [-0.3, -0.25) is 0 Å². The van der Waals surface area contributed by atoms with Crippen LogP contribution in [-0.2, 0) is 0 Å². The average Bonchev–Trinajstić information content (AvgIpc) is 2.67. The second kappa shape index (κ2) is 8.19. The van der Waals surface area contributed by atoms with Crippen LogP contribution in [0.25, 0.3) is 11.3 Å². The average molecular weight is 359 g/mol. The zero-order valence-electron chi connectivity index (χ0n) is 15.4. The van der Waals surface area contributed by atoms with Gasteiger partial charge < -0.3 is 15.8 Å². The van der Waals surface area contributed by atoms with Crippen LogP contribution in [0, 0.1) is 25.2 Å². The molecule has 27 heavy (non-hydrogen) atoms. The van der Waals surface area contributed by atoms with Crippen molar-refractivity contribution in [2.45, 2.75) is 13.8 Å². The molecule has 0 saturated carbocycles. The maximum Gasteiger partial charge on any atom is 0.222 e. The van der Waals surface area contributed by atoms with Crippen molar-refractivity contribution >= 4 is 11.8 Å². The highest BCUT2D eigenvalue weighted by Crippen LogP contribution is 2.26. The molecule has 0 aliphatic rings. The first kappa shape index (κ1) is 18.2. The van der Waals surface area contributed by atoms with Crippen LogP contribution in [0.3, 0.4) is 0 Å². The summed E-state index contributed by atoms with van der Waals surface area (Å²) >= 11 is 0. The topological polar surface area (TPSA) is 96.8 Å². The number of ether oxygens (including phenoxy) is 1. The van der Waals surface area contributed by atoms with E-state index in [1.54, 1.807) is 24.3 Å². The molecule has 1 heterocycles. The summed E-state index contributed by atoms with van der Waals surface area (Å²) in [6.45, 7) is 5.15. The summed E-state index contributed by atoms with van der Waals surface area (Å²) in [6.07, 6.45) is 0. The third-order valence-corrected chi connectivity index (χ3v) is 4.28. The van der Waals surface area contributed by atoms with Gasteiger partial charge >= 0.3 is 0 Å². The second-order valence-electron chi connectivity index (χ2n) is 6.16. The van der Waals surface area contributed by atoms with E-state index < -0.39 is 0 Å². The van der Waals surface area contributed by atoms with Gasteiger partial charge in [-0.15, -0.1) is 0 Å². The summed E-state index contributed by atoms with van der Waals surface area (Å²) in [5.74, 6) is 1.60. The number of nitrogen functional groups attached to an aromatic ring is 1. The van der Waals surface area contributed by atoms with Gasteiger partial charge in [0, 0.05) is 11.6 Å². The molecule has 0 aliphatic carbocycles. The van der Waals surface area contributed by atoms with Gasteiger partial charge in [0.15, 0.2) is 0 Å².